The zero-order valence-corrected chi connectivity index (χ0v) is 10.8. The van der Waals surface area contributed by atoms with Gasteiger partial charge in [0.25, 0.3) is 5.97 Å². The zero-order valence-electron chi connectivity index (χ0n) is 10.8. The summed E-state index contributed by atoms with van der Waals surface area (Å²) in [5, 5.41) is 7.42. The Hall–Kier alpha value is -2.11. The van der Waals surface area contributed by atoms with Crippen molar-refractivity contribution in [2.45, 2.75) is 20.8 Å². The van der Waals surface area contributed by atoms with E-state index in [0.29, 0.717) is 11.1 Å². The van der Waals surface area contributed by atoms with Crippen LogP contribution in [-0.2, 0) is 23.9 Å². The fourth-order valence-corrected chi connectivity index (χ4v) is 0.515. The highest BCUT2D eigenvalue weighted by Gasteiger charge is 2.05. The molecule has 0 heterocycles. The minimum atomic E-state index is -0.833. The summed E-state index contributed by atoms with van der Waals surface area (Å²) in [6.07, 6.45) is 0. The lowest BCUT2D eigenvalue weighted by Gasteiger charge is -2.05. The second kappa shape index (κ2) is 10.1. The van der Waals surface area contributed by atoms with Gasteiger partial charge < -0.3 is 14.6 Å². The quantitative estimate of drug-likeness (QED) is 0.454. The van der Waals surface area contributed by atoms with Crippen molar-refractivity contribution in [2.75, 3.05) is 13.2 Å². The van der Waals surface area contributed by atoms with Gasteiger partial charge in [0.2, 0.25) is 0 Å². The Morgan fingerprint density at radius 2 is 1.11 bits per heavy atom. The van der Waals surface area contributed by atoms with Crippen molar-refractivity contribution >= 4 is 17.9 Å². The molecule has 0 unspecified atom stereocenters. The van der Waals surface area contributed by atoms with Crippen LogP contribution < -0.4 is 0 Å². The number of ether oxygens (including phenoxy) is 2. The Labute approximate surface area is 106 Å². The van der Waals surface area contributed by atoms with Gasteiger partial charge in [-0.2, -0.15) is 0 Å². The first-order valence-electron chi connectivity index (χ1n) is 5.03. The molecular weight excluding hydrogens is 240 g/mol. The maximum atomic E-state index is 10.8. The van der Waals surface area contributed by atoms with Crippen LogP contribution in [0.2, 0.25) is 0 Å². The lowest BCUT2D eigenvalue weighted by atomic mass is 10.4. The first kappa shape index (κ1) is 18.3. The fourth-order valence-electron chi connectivity index (χ4n) is 0.515. The molecule has 0 amide bonds. The number of carboxylic acids is 1. The van der Waals surface area contributed by atoms with E-state index in [0.717, 1.165) is 6.92 Å². The lowest BCUT2D eigenvalue weighted by molar-refractivity contribution is -0.147. The molecule has 0 aliphatic rings. The van der Waals surface area contributed by atoms with Gasteiger partial charge in [-0.1, -0.05) is 13.2 Å². The van der Waals surface area contributed by atoms with Gasteiger partial charge in [-0.15, -0.1) is 0 Å². The van der Waals surface area contributed by atoms with Gasteiger partial charge >= 0.3 is 11.9 Å². The van der Waals surface area contributed by atoms with Crippen molar-refractivity contribution < 1.29 is 29.0 Å². The maximum Gasteiger partial charge on any atom is 0.333 e. The number of carbonyl (C=O) groups is 3. The van der Waals surface area contributed by atoms with Crippen LogP contribution in [0, 0.1) is 0 Å². The molecule has 0 saturated carbocycles. The summed E-state index contributed by atoms with van der Waals surface area (Å²) in [5.74, 6) is -1.81. The average Bonchev–Trinajstić information content (AvgIpc) is 2.22. The van der Waals surface area contributed by atoms with Gasteiger partial charge in [-0.3, -0.25) is 4.79 Å². The molecule has 0 rings (SSSR count). The van der Waals surface area contributed by atoms with Crippen LogP contribution in [0.1, 0.15) is 20.8 Å². The molecule has 0 atom stereocenters. The highest BCUT2D eigenvalue weighted by atomic mass is 16.6. The van der Waals surface area contributed by atoms with E-state index in [1.165, 1.54) is 0 Å². The Bertz CT molecular complexity index is 310. The topological polar surface area (TPSA) is 89.9 Å². The fraction of sp³-hybridized carbons (Fsp3) is 0.417. The number of hydrogen-bond acceptors (Lipinski definition) is 5. The largest absolute Gasteiger partial charge is 0.481 e. The van der Waals surface area contributed by atoms with E-state index in [2.05, 4.69) is 22.6 Å². The molecule has 0 radical (unpaired) electrons. The van der Waals surface area contributed by atoms with Crippen molar-refractivity contribution in [3.63, 3.8) is 0 Å². The zero-order chi connectivity index (χ0) is 14.7. The van der Waals surface area contributed by atoms with Crippen molar-refractivity contribution in [3.05, 3.63) is 24.3 Å². The van der Waals surface area contributed by atoms with E-state index in [4.69, 9.17) is 9.90 Å². The molecule has 102 valence electrons. The monoisotopic (exact) mass is 258 g/mol. The molecule has 6 nitrogen and oxygen atoms in total. The van der Waals surface area contributed by atoms with E-state index in [9.17, 15) is 9.59 Å². The van der Waals surface area contributed by atoms with Gasteiger partial charge in [0, 0.05) is 18.1 Å². The summed E-state index contributed by atoms with van der Waals surface area (Å²) in [5.41, 5.74) is 0.632. The minimum absolute atomic E-state index is 0.0325. The van der Waals surface area contributed by atoms with Crippen LogP contribution in [0.25, 0.3) is 0 Å². The summed E-state index contributed by atoms with van der Waals surface area (Å²) in [7, 11) is 0. The molecule has 0 aliphatic carbocycles. The first-order valence-corrected chi connectivity index (χ1v) is 5.03. The second-order valence-electron chi connectivity index (χ2n) is 3.35. The van der Waals surface area contributed by atoms with E-state index in [1.54, 1.807) is 13.8 Å². The van der Waals surface area contributed by atoms with Crippen LogP contribution in [-0.4, -0.2) is 36.2 Å². The number of rotatable bonds is 5. The lowest BCUT2D eigenvalue weighted by Crippen LogP contribution is -2.14. The van der Waals surface area contributed by atoms with Crippen LogP contribution in [0.5, 0.6) is 0 Å². The Balaban J connectivity index is 0. The third-order valence-corrected chi connectivity index (χ3v) is 1.25. The Morgan fingerprint density at radius 1 is 0.889 bits per heavy atom. The van der Waals surface area contributed by atoms with Crippen LogP contribution in [0.15, 0.2) is 24.3 Å². The molecule has 18 heavy (non-hydrogen) atoms. The molecule has 0 bridgehead atoms. The van der Waals surface area contributed by atoms with E-state index < -0.39 is 17.9 Å². The predicted molar refractivity (Wildman–Crippen MR) is 64.9 cm³/mol. The SMILES string of the molecule is C=C(C)C(=O)OCCOC(=O)C(=C)C.CC(=O)O. The molecule has 6 heteroatoms. The maximum absolute atomic E-state index is 10.8. The minimum Gasteiger partial charge on any atom is -0.481 e. The molecule has 0 spiro atoms. The van der Waals surface area contributed by atoms with Crippen LogP contribution >= 0.6 is 0 Å². The molecule has 0 aliphatic heterocycles. The average molecular weight is 258 g/mol. The molecule has 0 fully saturated rings. The molecular formula is C12H18O6. The van der Waals surface area contributed by atoms with Crippen molar-refractivity contribution in [1.82, 2.24) is 0 Å². The normalized spacial score (nSPS) is 8.39. The van der Waals surface area contributed by atoms with Gasteiger partial charge in [-0.25, -0.2) is 9.59 Å². The van der Waals surface area contributed by atoms with Gasteiger partial charge in [0.05, 0.1) is 0 Å². The third kappa shape index (κ3) is 13.9. The van der Waals surface area contributed by atoms with E-state index in [1.807, 2.05) is 0 Å². The van der Waals surface area contributed by atoms with Crippen molar-refractivity contribution in [3.8, 4) is 0 Å². The first-order chi connectivity index (χ1) is 8.18. The number of esters is 2. The number of hydrogen-bond donors (Lipinski definition) is 1. The van der Waals surface area contributed by atoms with Gasteiger partial charge in [0.15, 0.2) is 0 Å². The van der Waals surface area contributed by atoms with Crippen molar-refractivity contribution in [1.29, 1.82) is 0 Å². The van der Waals surface area contributed by atoms with Crippen LogP contribution in [0.4, 0.5) is 0 Å². The van der Waals surface area contributed by atoms with Gasteiger partial charge in [-0.05, 0) is 13.8 Å². The number of carboxylic acid groups (broad SMARTS) is 1. The summed E-state index contributed by atoms with van der Waals surface area (Å²) < 4.78 is 9.38. The van der Waals surface area contributed by atoms with Gasteiger partial charge in [0.1, 0.15) is 13.2 Å². The molecule has 0 aromatic carbocycles. The summed E-state index contributed by atoms with van der Waals surface area (Å²) >= 11 is 0. The summed E-state index contributed by atoms with van der Waals surface area (Å²) in [4.78, 5) is 30.7. The second-order valence-corrected chi connectivity index (χ2v) is 3.35. The Morgan fingerprint density at radius 3 is 1.28 bits per heavy atom. The smallest absolute Gasteiger partial charge is 0.333 e. The van der Waals surface area contributed by atoms with Crippen molar-refractivity contribution in [2.24, 2.45) is 0 Å². The summed E-state index contributed by atoms with van der Waals surface area (Å²) in [6.45, 7) is 11.0. The van der Waals surface area contributed by atoms with Crippen LogP contribution in [0.3, 0.4) is 0 Å². The molecule has 0 aromatic heterocycles. The molecule has 0 saturated heterocycles. The molecule has 1 N–H and O–H groups in total. The third-order valence-electron chi connectivity index (χ3n) is 1.25. The Kier molecular flexibility index (Phi) is 10.2. The van der Waals surface area contributed by atoms with E-state index >= 15 is 0 Å². The van der Waals surface area contributed by atoms with E-state index in [-0.39, 0.29) is 13.2 Å². The number of carbonyl (C=O) groups excluding carboxylic acids is 2. The highest BCUT2D eigenvalue weighted by molar-refractivity contribution is 5.87. The molecule has 0 aromatic rings. The predicted octanol–water partition coefficient (Wildman–Crippen LogP) is 1.32. The standard InChI is InChI=1S/C10H14O4.C2H4O2/c1-7(2)9(11)13-5-6-14-10(12)8(3)4;1-2(3)4/h1,3,5-6H2,2,4H3;1H3,(H,3,4). The number of aliphatic carboxylic acids is 1. The summed E-state index contributed by atoms with van der Waals surface area (Å²) in [6, 6.07) is 0. The highest BCUT2D eigenvalue weighted by Crippen LogP contribution is 1.94.